The van der Waals surface area contributed by atoms with Gasteiger partial charge in [-0.05, 0) is 12.1 Å². The Hall–Kier alpha value is -0.623. The van der Waals surface area contributed by atoms with E-state index in [1.165, 1.54) is 12.1 Å². The maximum atomic E-state index is 10.3. The largest absolute Gasteiger partial charge is 1.00 e. The molecule has 0 saturated carbocycles. The summed E-state index contributed by atoms with van der Waals surface area (Å²) in [5, 5.41) is 10.3. The second-order valence-corrected chi connectivity index (χ2v) is 2.02. The number of hydrogen-bond donors (Lipinski definition) is 0. The van der Waals surface area contributed by atoms with Crippen molar-refractivity contribution in [2.75, 3.05) is 0 Å². The summed E-state index contributed by atoms with van der Waals surface area (Å²) in [6.07, 6.45) is 0. The first kappa shape index (κ1) is 11.4. The fourth-order valence-electron chi connectivity index (χ4n) is 0.703. The zero-order valence-corrected chi connectivity index (χ0v) is 7.17. The zero-order chi connectivity index (χ0) is 8.27. The first-order chi connectivity index (χ1) is 5.25. The normalized spacial score (nSPS) is 8.42. The Bertz CT molecular complexity index is 277. The van der Waals surface area contributed by atoms with E-state index in [0.29, 0.717) is 0 Å². The van der Waals surface area contributed by atoms with Crippen molar-refractivity contribution in [1.29, 1.82) is 0 Å². The molecular weight excluding hydrogens is 174 g/mol. The topological polar surface area (TPSA) is 49.4 Å². The van der Waals surface area contributed by atoms with Crippen LogP contribution in [0.4, 0.5) is 0 Å². The van der Waals surface area contributed by atoms with Gasteiger partial charge in [0.1, 0.15) is 11.9 Å². The molecule has 0 radical (unpaired) electrons. The fourth-order valence-corrected chi connectivity index (χ4v) is 0.837. The minimum absolute atomic E-state index is 0. The minimum Gasteiger partial charge on any atom is -0.545 e. The molecule has 0 fully saturated rings. The molecule has 0 spiro atoms. The van der Waals surface area contributed by atoms with Crippen molar-refractivity contribution in [2.24, 2.45) is 0 Å². The summed E-state index contributed by atoms with van der Waals surface area (Å²) >= 11 is 4.99. The van der Waals surface area contributed by atoms with E-state index in [9.17, 15) is 9.90 Å². The Morgan fingerprint density at radius 3 is 2.42 bits per heavy atom. The molecule has 0 aliphatic heterocycles. The molecule has 0 unspecified atom stereocenters. The van der Waals surface area contributed by atoms with Crippen LogP contribution in [-0.2, 0) is 0 Å². The standard InChI is InChI=1S/C7H5ClO3.Li/c8-11-6-4-2-1-3-5(6)7(9)10;/h1-4H,(H,9,10);/q;+1/p-1. The van der Waals surface area contributed by atoms with Crippen LogP contribution < -0.4 is 28.3 Å². The zero-order valence-electron chi connectivity index (χ0n) is 6.41. The van der Waals surface area contributed by atoms with Gasteiger partial charge in [0.25, 0.3) is 0 Å². The second kappa shape index (κ2) is 5.10. The smallest absolute Gasteiger partial charge is 0.545 e. The van der Waals surface area contributed by atoms with Crippen molar-refractivity contribution in [3.63, 3.8) is 0 Å². The summed E-state index contributed by atoms with van der Waals surface area (Å²) in [6.45, 7) is 0. The molecule has 0 aliphatic carbocycles. The molecule has 0 saturated heterocycles. The van der Waals surface area contributed by atoms with Crippen molar-refractivity contribution in [3.05, 3.63) is 29.8 Å². The van der Waals surface area contributed by atoms with Crippen LogP contribution >= 0.6 is 11.9 Å². The van der Waals surface area contributed by atoms with E-state index in [1.807, 2.05) is 0 Å². The van der Waals surface area contributed by atoms with Gasteiger partial charge >= 0.3 is 18.9 Å². The molecule has 0 bridgehead atoms. The molecule has 0 atom stereocenters. The molecule has 5 heteroatoms. The van der Waals surface area contributed by atoms with Gasteiger partial charge in [0.05, 0.1) is 5.97 Å². The van der Waals surface area contributed by atoms with Gasteiger partial charge in [-0.1, -0.05) is 12.1 Å². The van der Waals surface area contributed by atoms with Gasteiger partial charge in [0, 0.05) is 5.56 Å². The van der Waals surface area contributed by atoms with Gasteiger partial charge in [-0.25, -0.2) is 0 Å². The third-order valence-electron chi connectivity index (χ3n) is 1.19. The van der Waals surface area contributed by atoms with Crippen molar-refractivity contribution < 1.29 is 33.1 Å². The molecular formula is C7H4ClLiO3. The summed E-state index contributed by atoms with van der Waals surface area (Å²) in [5.74, 6) is -1.21. The van der Waals surface area contributed by atoms with Gasteiger partial charge < -0.3 is 14.2 Å². The second-order valence-electron chi connectivity index (χ2n) is 1.86. The number of carbonyl (C=O) groups is 1. The van der Waals surface area contributed by atoms with Gasteiger partial charge in [0.2, 0.25) is 0 Å². The van der Waals surface area contributed by atoms with Crippen LogP contribution in [-0.4, -0.2) is 5.97 Å². The predicted octanol–water partition coefficient (Wildman–Crippen LogP) is -2.41. The van der Waals surface area contributed by atoms with Gasteiger partial charge in [-0.2, -0.15) is 0 Å². The summed E-state index contributed by atoms with van der Waals surface area (Å²) in [6, 6.07) is 5.97. The predicted molar refractivity (Wildman–Crippen MR) is 37.3 cm³/mol. The maximum Gasteiger partial charge on any atom is 1.00 e. The van der Waals surface area contributed by atoms with Gasteiger partial charge in [-0.15, -0.1) is 0 Å². The number of rotatable bonds is 2. The van der Waals surface area contributed by atoms with Crippen LogP contribution in [0, 0.1) is 0 Å². The number of halogens is 1. The summed E-state index contributed by atoms with van der Waals surface area (Å²) in [4.78, 5) is 10.3. The van der Waals surface area contributed by atoms with E-state index in [1.54, 1.807) is 12.1 Å². The first-order valence-corrected chi connectivity index (χ1v) is 3.15. The van der Waals surface area contributed by atoms with Crippen molar-refractivity contribution in [2.45, 2.75) is 0 Å². The quantitative estimate of drug-likeness (QED) is 0.474. The number of carboxylic acids is 1. The van der Waals surface area contributed by atoms with E-state index in [-0.39, 0.29) is 30.2 Å². The van der Waals surface area contributed by atoms with Crippen molar-refractivity contribution in [1.82, 2.24) is 0 Å². The Morgan fingerprint density at radius 2 is 2.00 bits per heavy atom. The fraction of sp³-hybridized carbons (Fsp3) is 0. The number of benzene rings is 1. The number of carbonyl (C=O) groups excluding carboxylic acids is 1. The maximum absolute atomic E-state index is 10.3. The van der Waals surface area contributed by atoms with Crippen molar-refractivity contribution >= 4 is 17.8 Å². The molecule has 0 N–H and O–H groups in total. The molecule has 3 nitrogen and oxygen atoms in total. The number of para-hydroxylation sites is 1. The van der Waals surface area contributed by atoms with Crippen LogP contribution in [0.5, 0.6) is 5.75 Å². The Kier molecular flexibility index (Phi) is 4.83. The molecule has 0 aliphatic rings. The van der Waals surface area contributed by atoms with Crippen LogP contribution in [0.15, 0.2) is 24.3 Å². The molecule has 0 heterocycles. The Balaban J connectivity index is 0.00000121. The van der Waals surface area contributed by atoms with Gasteiger partial charge in [0.15, 0.2) is 5.75 Å². The van der Waals surface area contributed by atoms with Crippen LogP contribution in [0.2, 0.25) is 0 Å². The first-order valence-electron chi connectivity index (χ1n) is 2.84. The van der Waals surface area contributed by atoms with E-state index in [0.717, 1.165) is 0 Å². The van der Waals surface area contributed by atoms with Crippen LogP contribution in [0.3, 0.4) is 0 Å². The Morgan fingerprint density at radius 1 is 1.42 bits per heavy atom. The van der Waals surface area contributed by atoms with Crippen molar-refractivity contribution in [3.8, 4) is 5.75 Å². The third-order valence-corrected chi connectivity index (χ3v) is 1.36. The molecule has 1 aromatic rings. The Labute approximate surface area is 86.6 Å². The molecule has 58 valence electrons. The van der Waals surface area contributed by atoms with Crippen LogP contribution in [0.25, 0.3) is 0 Å². The monoisotopic (exact) mass is 178 g/mol. The average molecular weight is 178 g/mol. The summed E-state index contributed by atoms with van der Waals surface area (Å²) < 4.78 is 4.26. The van der Waals surface area contributed by atoms with Gasteiger partial charge in [-0.3, -0.25) is 0 Å². The summed E-state index contributed by atoms with van der Waals surface area (Å²) in [5.41, 5.74) is -0.0532. The van der Waals surface area contributed by atoms with Crippen LogP contribution in [0.1, 0.15) is 10.4 Å². The van der Waals surface area contributed by atoms with E-state index < -0.39 is 5.97 Å². The molecule has 1 aromatic carbocycles. The van der Waals surface area contributed by atoms with E-state index in [4.69, 9.17) is 11.9 Å². The number of hydrogen-bond acceptors (Lipinski definition) is 3. The number of carboxylic acid groups (broad SMARTS) is 1. The SMILES string of the molecule is O=C([O-])c1ccccc1OCl.[Li+]. The summed E-state index contributed by atoms with van der Waals surface area (Å²) in [7, 11) is 0. The molecule has 0 amide bonds. The third kappa shape index (κ3) is 2.45. The molecule has 12 heavy (non-hydrogen) atoms. The average Bonchev–Trinajstić information content (AvgIpc) is 2.04. The molecule has 1 rings (SSSR count). The van der Waals surface area contributed by atoms with E-state index in [2.05, 4.69) is 4.29 Å². The number of aromatic carboxylic acids is 1. The van der Waals surface area contributed by atoms with E-state index >= 15 is 0 Å². The minimum atomic E-state index is -1.30. The molecule has 0 aromatic heterocycles.